The van der Waals surface area contributed by atoms with E-state index in [1.807, 2.05) is 6.92 Å². The third-order valence-corrected chi connectivity index (χ3v) is 7.76. The van der Waals surface area contributed by atoms with Crippen molar-refractivity contribution in [2.24, 2.45) is 0 Å². The molecule has 220 valence electrons. The van der Waals surface area contributed by atoms with Gasteiger partial charge in [-0.1, -0.05) is 41.9 Å². The van der Waals surface area contributed by atoms with Gasteiger partial charge in [-0.3, -0.25) is 14.4 Å². The average molecular weight is 618 g/mol. The summed E-state index contributed by atoms with van der Waals surface area (Å²) in [7, 11) is 1.51. The van der Waals surface area contributed by atoms with Gasteiger partial charge in [-0.15, -0.1) is 11.8 Å². The number of hydrogen-bond acceptors (Lipinski definition) is 5. The number of carbonyl (C=O) groups excluding carboxylic acids is 3. The van der Waals surface area contributed by atoms with Gasteiger partial charge in [0.2, 0.25) is 5.91 Å². The van der Waals surface area contributed by atoms with Gasteiger partial charge in [-0.2, -0.15) is 0 Å². The largest absolute Gasteiger partial charge is 0.495 e. The Kier molecular flexibility index (Phi) is 10.6. The van der Waals surface area contributed by atoms with Crippen molar-refractivity contribution in [1.82, 2.24) is 5.32 Å². The predicted molar refractivity (Wildman–Crippen MR) is 170 cm³/mol. The number of methoxy groups -OCH3 is 1. The van der Waals surface area contributed by atoms with E-state index in [0.717, 1.165) is 10.5 Å². The van der Waals surface area contributed by atoms with Crippen LogP contribution in [0.1, 0.15) is 28.4 Å². The molecule has 43 heavy (non-hydrogen) atoms. The van der Waals surface area contributed by atoms with Crippen LogP contribution in [0.5, 0.6) is 5.75 Å². The molecule has 0 aliphatic carbocycles. The summed E-state index contributed by atoms with van der Waals surface area (Å²) in [4.78, 5) is 39.7. The van der Waals surface area contributed by atoms with Gasteiger partial charge in [-0.25, -0.2) is 4.39 Å². The van der Waals surface area contributed by atoms with E-state index in [9.17, 15) is 18.8 Å². The number of benzene rings is 4. The van der Waals surface area contributed by atoms with Crippen LogP contribution in [0.25, 0.3) is 6.08 Å². The summed E-state index contributed by atoms with van der Waals surface area (Å²) in [6, 6.07) is 24.4. The van der Waals surface area contributed by atoms with E-state index in [4.69, 9.17) is 16.3 Å². The molecule has 0 fully saturated rings. The van der Waals surface area contributed by atoms with Gasteiger partial charge in [0.15, 0.2) is 0 Å². The van der Waals surface area contributed by atoms with Crippen LogP contribution in [0, 0.1) is 12.7 Å². The second-order valence-electron chi connectivity index (χ2n) is 9.46. The third kappa shape index (κ3) is 8.70. The standard InChI is InChI=1S/C33H29ClFN3O4S/c1-20-17-28(30(42-3)19-27(20)34)37-31(39)21(2)43-26-15-13-25(14-16-26)36-33(41)29(18-22-9-11-24(35)12-10-22)38-32(40)23-7-5-4-6-8-23/h4-19,21H,1-3H3,(H,36,41)(H,37,39)(H,38,40)/b29-18-. The lowest BCUT2D eigenvalue weighted by atomic mass is 10.1. The number of nitrogens with one attached hydrogen (secondary N) is 3. The molecular weight excluding hydrogens is 589 g/mol. The molecule has 0 heterocycles. The minimum atomic E-state index is -0.561. The number of aryl methyl sites for hydroxylation is 1. The Morgan fingerprint density at radius 3 is 2.26 bits per heavy atom. The molecule has 3 N–H and O–H groups in total. The van der Waals surface area contributed by atoms with E-state index in [2.05, 4.69) is 16.0 Å². The second kappa shape index (κ2) is 14.5. The van der Waals surface area contributed by atoms with Crippen LogP contribution in [-0.4, -0.2) is 30.1 Å². The zero-order valence-corrected chi connectivity index (χ0v) is 25.2. The van der Waals surface area contributed by atoms with Crippen molar-refractivity contribution in [1.29, 1.82) is 0 Å². The quantitative estimate of drug-likeness (QED) is 0.128. The summed E-state index contributed by atoms with van der Waals surface area (Å²) < 4.78 is 18.8. The molecule has 0 saturated carbocycles. The number of amides is 3. The van der Waals surface area contributed by atoms with Crippen molar-refractivity contribution in [3.8, 4) is 5.75 Å². The maximum Gasteiger partial charge on any atom is 0.272 e. The highest BCUT2D eigenvalue weighted by Gasteiger charge is 2.18. The SMILES string of the molecule is COc1cc(Cl)c(C)cc1NC(=O)C(C)Sc1ccc(NC(=O)/C(=C/c2ccc(F)cc2)NC(=O)c2ccccc2)cc1. The van der Waals surface area contributed by atoms with Gasteiger partial charge in [0, 0.05) is 27.2 Å². The number of halogens is 2. The lowest BCUT2D eigenvalue weighted by molar-refractivity contribution is -0.115. The van der Waals surface area contributed by atoms with E-state index in [1.165, 1.54) is 49.2 Å². The molecule has 4 aromatic rings. The van der Waals surface area contributed by atoms with Crippen LogP contribution in [0.2, 0.25) is 5.02 Å². The van der Waals surface area contributed by atoms with Crippen LogP contribution in [0.15, 0.2) is 102 Å². The highest BCUT2D eigenvalue weighted by atomic mass is 35.5. The summed E-state index contributed by atoms with van der Waals surface area (Å²) in [6.07, 6.45) is 1.47. The van der Waals surface area contributed by atoms with Gasteiger partial charge >= 0.3 is 0 Å². The molecule has 10 heteroatoms. The Labute approximate surface area is 258 Å². The van der Waals surface area contributed by atoms with E-state index >= 15 is 0 Å². The first-order valence-electron chi connectivity index (χ1n) is 13.2. The van der Waals surface area contributed by atoms with Crippen LogP contribution < -0.4 is 20.7 Å². The number of rotatable bonds is 10. The Morgan fingerprint density at radius 1 is 0.930 bits per heavy atom. The fourth-order valence-corrected chi connectivity index (χ4v) is 4.93. The zero-order chi connectivity index (χ0) is 30.9. The number of thioether (sulfide) groups is 1. The number of carbonyl (C=O) groups is 3. The number of hydrogen-bond donors (Lipinski definition) is 3. The molecular formula is C33H29ClFN3O4S. The van der Waals surface area contributed by atoms with Gasteiger partial charge in [-0.05, 0) is 85.6 Å². The van der Waals surface area contributed by atoms with Crippen molar-refractivity contribution in [2.45, 2.75) is 24.0 Å². The van der Waals surface area contributed by atoms with Crippen molar-refractivity contribution < 1.29 is 23.5 Å². The monoisotopic (exact) mass is 617 g/mol. The van der Waals surface area contributed by atoms with Crippen molar-refractivity contribution in [3.63, 3.8) is 0 Å². The van der Waals surface area contributed by atoms with Gasteiger partial charge in [0.25, 0.3) is 11.8 Å². The van der Waals surface area contributed by atoms with Gasteiger partial charge < -0.3 is 20.7 Å². The highest BCUT2D eigenvalue weighted by molar-refractivity contribution is 8.00. The first-order chi connectivity index (χ1) is 20.6. The smallest absolute Gasteiger partial charge is 0.272 e. The molecule has 0 spiro atoms. The Hall–Kier alpha value is -4.60. The lowest BCUT2D eigenvalue weighted by Crippen LogP contribution is -2.30. The molecule has 0 aliphatic rings. The summed E-state index contributed by atoms with van der Waals surface area (Å²) >= 11 is 7.51. The molecule has 4 rings (SSSR count). The fraction of sp³-hybridized carbons (Fsp3) is 0.121. The minimum absolute atomic E-state index is 0.0166. The molecule has 0 radical (unpaired) electrons. The molecule has 1 atom stereocenters. The van der Waals surface area contributed by atoms with E-state index in [1.54, 1.807) is 73.7 Å². The maximum atomic E-state index is 13.4. The normalized spacial score (nSPS) is 11.8. The summed E-state index contributed by atoms with van der Waals surface area (Å²) in [5.41, 5.74) is 2.72. The van der Waals surface area contributed by atoms with Crippen LogP contribution >= 0.6 is 23.4 Å². The number of anilines is 2. The second-order valence-corrected chi connectivity index (χ2v) is 11.3. The molecule has 4 aromatic carbocycles. The predicted octanol–water partition coefficient (Wildman–Crippen LogP) is 7.33. The molecule has 1 unspecified atom stereocenters. The van der Waals surface area contributed by atoms with Crippen molar-refractivity contribution in [2.75, 3.05) is 17.7 Å². The summed E-state index contributed by atoms with van der Waals surface area (Å²) in [5.74, 6) is -1.19. The lowest BCUT2D eigenvalue weighted by Gasteiger charge is -2.16. The Morgan fingerprint density at radius 2 is 1.60 bits per heavy atom. The van der Waals surface area contributed by atoms with Crippen molar-refractivity contribution in [3.05, 3.63) is 124 Å². The molecule has 3 amide bonds. The Bertz CT molecular complexity index is 1650. The topological polar surface area (TPSA) is 96.5 Å². The molecule has 0 saturated heterocycles. The highest BCUT2D eigenvalue weighted by Crippen LogP contribution is 2.32. The van der Waals surface area contributed by atoms with Gasteiger partial charge in [0.05, 0.1) is 18.0 Å². The van der Waals surface area contributed by atoms with Crippen LogP contribution in [0.3, 0.4) is 0 Å². The van der Waals surface area contributed by atoms with E-state index in [-0.39, 0.29) is 11.6 Å². The molecule has 7 nitrogen and oxygen atoms in total. The van der Waals surface area contributed by atoms with Crippen LogP contribution in [-0.2, 0) is 9.59 Å². The summed E-state index contributed by atoms with van der Waals surface area (Å²) in [5, 5.41) is 8.42. The Balaban J connectivity index is 1.43. The fourth-order valence-electron chi connectivity index (χ4n) is 3.91. The zero-order valence-electron chi connectivity index (χ0n) is 23.6. The maximum absolute atomic E-state index is 13.4. The van der Waals surface area contributed by atoms with E-state index in [0.29, 0.717) is 33.3 Å². The minimum Gasteiger partial charge on any atom is -0.495 e. The van der Waals surface area contributed by atoms with Crippen molar-refractivity contribution >= 4 is 58.5 Å². The first kappa shape index (κ1) is 31.3. The molecule has 0 aromatic heterocycles. The third-order valence-electron chi connectivity index (χ3n) is 6.24. The van der Waals surface area contributed by atoms with Crippen LogP contribution in [0.4, 0.5) is 15.8 Å². The van der Waals surface area contributed by atoms with E-state index < -0.39 is 22.9 Å². The summed E-state index contributed by atoms with van der Waals surface area (Å²) in [6.45, 7) is 3.63. The average Bonchev–Trinajstić information content (AvgIpc) is 3.00. The number of ether oxygens (including phenoxy) is 1. The first-order valence-corrected chi connectivity index (χ1v) is 14.5. The van der Waals surface area contributed by atoms with Gasteiger partial charge in [0.1, 0.15) is 17.3 Å². The molecule has 0 aliphatic heterocycles. The molecule has 0 bridgehead atoms.